The number of nitrogens with one attached hydrogen (secondary N) is 3. The van der Waals surface area contributed by atoms with Crippen molar-refractivity contribution in [1.29, 1.82) is 0 Å². The fraction of sp³-hybridized carbons (Fsp3) is 1.00. The van der Waals surface area contributed by atoms with Crippen molar-refractivity contribution in [2.24, 2.45) is 5.73 Å². The van der Waals surface area contributed by atoms with Crippen LogP contribution in [-0.4, -0.2) is 58.5 Å². The molecule has 0 aromatic carbocycles. The van der Waals surface area contributed by atoms with Gasteiger partial charge in [0.05, 0.1) is 12.7 Å². The molecular formula is C12H28N4O. The molecule has 0 saturated carbocycles. The van der Waals surface area contributed by atoms with E-state index in [2.05, 4.69) is 16.0 Å². The van der Waals surface area contributed by atoms with Gasteiger partial charge in [-0.05, 0) is 58.5 Å². The summed E-state index contributed by atoms with van der Waals surface area (Å²) in [5.41, 5.74) is 5.41. The second-order valence-corrected chi connectivity index (χ2v) is 4.51. The van der Waals surface area contributed by atoms with Crippen LogP contribution in [-0.2, 0) is 4.74 Å². The van der Waals surface area contributed by atoms with Crippen molar-refractivity contribution in [3.63, 3.8) is 0 Å². The summed E-state index contributed by atoms with van der Waals surface area (Å²) in [6.07, 6.45) is 3.95. The van der Waals surface area contributed by atoms with E-state index in [1.165, 1.54) is 12.8 Å². The number of hydrogen-bond donors (Lipinski definition) is 4. The third kappa shape index (κ3) is 10.7. The second-order valence-electron chi connectivity index (χ2n) is 4.51. The zero-order valence-corrected chi connectivity index (χ0v) is 10.8. The first-order valence-corrected chi connectivity index (χ1v) is 6.87. The molecule has 1 rings (SSSR count). The van der Waals surface area contributed by atoms with Gasteiger partial charge in [0.2, 0.25) is 0 Å². The highest BCUT2D eigenvalue weighted by molar-refractivity contribution is 4.71. The molecule has 1 aliphatic heterocycles. The van der Waals surface area contributed by atoms with Gasteiger partial charge < -0.3 is 26.4 Å². The second kappa shape index (κ2) is 10.9. The van der Waals surface area contributed by atoms with Crippen molar-refractivity contribution in [2.75, 3.05) is 52.4 Å². The van der Waals surface area contributed by atoms with E-state index in [4.69, 9.17) is 10.5 Å². The van der Waals surface area contributed by atoms with Gasteiger partial charge in [-0.1, -0.05) is 0 Å². The Bertz CT molecular complexity index is 165. The van der Waals surface area contributed by atoms with E-state index >= 15 is 0 Å². The predicted octanol–water partition coefficient (Wildman–Crippen LogP) is -0.717. The molecule has 5 nitrogen and oxygen atoms in total. The zero-order valence-electron chi connectivity index (χ0n) is 10.8. The van der Waals surface area contributed by atoms with E-state index in [9.17, 15) is 0 Å². The maximum atomic E-state index is 5.41. The lowest BCUT2D eigenvalue weighted by molar-refractivity contribution is 0.396. The molecule has 1 heterocycles. The first kappa shape index (κ1) is 14.9. The van der Waals surface area contributed by atoms with Crippen molar-refractivity contribution < 1.29 is 4.74 Å². The average molecular weight is 244 g/mol. The lowest BCUT2D eigenvalue weighted by Crippen LogP contribution is -2.27. The highest BCUT2D eigenvalue weighted by Gasteiger charge is 2.20. The van der Waals surface area contributed by atoms with Gasteiger partial charge in [-0.15, -0.1) is 0 Å². The van der Waals surface area contributed by atoms with E-state index < -0.39 is 0 Å². The van der Waals surface area contributed by atoms with Gasteiger partial charge in [0.15, 0.2) is 0 Å². The van der Waals surface area contributed by atoms with Crippen molar-refractivity contribution in [1.82, 2.24) is 16.0 Å². The molecule has 0 amide bonds. The Morgan fingerprint density at radius 2 is 1.41 bits per heavy atom. The van der Waals surface area contributed by atoms with Crippen LogP contribution in [0, 0.1) is 0 Å². The van der Waals surface area contributed by atoms with E-state index in [1.54, 1.807) is 0 Å². The monoisotopic (exact) mass is 244 g/mol. The summed E-state index contributed by atoms with van der Waals surface area (Å²) in [7, 11) is 0. The van der Waals surface area contributed by atoms with Crippen LogP contribution >= 0.6 is 0 Å². The Morgan fingerprint density at radius 1 is 0.882 bits per heavy atom. The van der Waals surface area contributed by atoms with E-state index in [1.807, 2.05) is 0 Å². The van der Waals surface area contributed by atoms with Crippen LogP contribution in [0.1, 0.15) is 19.3 Å². The fourth-order valence-electron chi connectivity index (χ4n) is 1.60. The Balaban J connectivity index is 1.61. The summed E-state index contributed by atoms with van der Waals surface area (Å²) in [5.74, 6) is 0. The highest BCUT2D eigenvalue weighted by atomic mass is 16.6. The Kier molecular flexibility index (Phi) is 9.55. The molecule has 1 fully saturated rings. The fourth-order valence-corrected chi connectivity index (χ4v) is 1.60. The van der Waals surface area contributed by atoms with Crippen molar-refractivity contribution in [2.45, 2.75) is 25.4 Å². The maximum Gasteiger partial charge on any atom is 0.0933 e. The zero-order chi connectivity index (χ0) is 12.2. The largest absolute Gasteiger partial charge is 0.372 e. The summed E-state index contributed by atoms with van der Waals surface area (Å²) in [6, 6.07) is 0. The van der Waals surface area contributed by atoms with Crippen LogP contribution in [0.25, 0.3) is 0 Å². The number of epoxide rings is 1. The lowest BCUT2D eigenvalue weighted by atomic mass is 10.3. The third-order valence-electron chi connectivity index (χ3n) is 2.75. The minimum absolute atomic E-state index is 0.502. The molecule has 0 aromatic heterocycles. The molecule has 17 heavy (non-hydrogen) atoms. The maximum absolute atomic E-state index is 5.41. The molecule has 5 heteroatoms. The molecule has 5 N–H and O–H groups in total. The summed E-state index contributed by atoms with van der Waals surface area (Å²) in [5, 5.41) is 10.2. The molecule has 0 spiro atoms. The van der Waals surface area contributed by atoms with Gasteiger partial charge in [-0.25, -0.2) is 0 Å². The van der Waals surface area contributed by atoms with Crippen LogP contribution < -0.4 is 21.7 Å². The minimum Gasteiger partial charge on any atom is -0.372 e. The Hall–Kier alpha value is -0.200. The van der Waals surface area contributed by atoms with Crippen LogP contribution in [0.5, 0.6) is 0 Å². The number of nitrogens with two attached hydrogens (primary N) is 1. The molecular weight excluding hydrogens is 216 g/mol. The highest BCUT2D eigenvalue weighted by Crippen LogP contribution is 2.05. The van der Waals surface area contributed by atoms with E-state index in [0.29, 0.717) is 6.10 Å². The van der Waals surface area contributed by atoms with Crippen LogP contribution in [0.3, 0.4) is 0 Å². The Morgan fingerprint density at radius 3 is 1.94 bits per heavy atom. The summed E-state index contributed by atoms with van der Waals surface area (Å²) < 4.78 is 5.12. The SMILES string of the molecule is NCCCNCCCNCCCNCC1CO1. The van der Waals surface area contributed by atoms with Gasteiger partial charge in [-0.3, -0.25) is 0 Å². The molecule has 1 aliphatic rings. The predicted molar refractivity (Wildman–Crippen MR) is 71.3 cm³/mol. The number of rotatable bonds is 13. The quantitative estimate of drug-likeness (QED) is 0.254. The topological polar surface area (TPSA) is 74.6 Å². The van der Waals surface area contributed by atoms with Crippen LogP contribution in [0.15, 0.2) is 0 Å². The molecule has 0 aromatic rings. The molecule has 1 saturated heterocycles. The van der Waals surface area contributed by atoms with Crippen molar-refractivity contribution >= 4 is 0 Å². The van der Waals surface area contributed by atoms with Crippen molar-refractivity contribution in [3.8, 4) is 0 Å². The van der Waals surface area contributed by atoms with Crippen LogP contribution in [0.2, 0.25) is 0 Å². The average Bonchev–Trinajstić information content (AvgIpc) is 3.15. The molecule has 1 unspecified atom stereocenters. The van der Waals surface area contributed by atoms with E-state index in [0.717, 1.165) is 58.8 Å². The van der Waals surface area contributed by atoms with Crippen LogP contribution in [0.4, 0.5) is 0 Å². The van der Waals surface area contributed by atoms with Gasteiger partial charge in [-0.2, -0.15) is 0 Å². The Labute approximate surface area is 105 Å². The number of hydrogen-bond acceptors (Lipinski definition) is 5. The molecule has 0 aliphatic carbocycles. The van der Waals surface area contributed by atoms with Gasteiger partial charge in [0.25, 0.3) is 0 Å². The molecule has 1 atom stereocenters. The van der Waals surface area contributed by atoms with Crippen molar-refractivity contribution in [3.05, 3.63) is 0 Å². The minimum atomic E-state index is 0.502. The number of ether oxygens (including phenoxy) is 1. The molecule has 0 radical (unpaired) electrons. The smallest absolute Gasteiger partial charge is 0.0933 e. The molecule has 102 valence electrons. The summed E-state index contributed by atoms with van der Waals surface area (Å²) in [4.78, 5) is 0. The molecule has 0 bridgehead atoms. The summed E-state index contributed by atoms with van der Waals surface area (Å²) in [6.45, 7) is 8.16. The van der Waals surface area contributed by atoms with Gasteiger partial charge in [0.1, 0.15) is 0 Å². The summed E-state index contributed by atoms with van der Waals surface area (Å²) >= 11 is 0. The first-order chi connectivity index (χ1) is 8.43. The lowest BCUT2D eigenvalue weighted by Gasteiger charge is -2.06. The third-order valence-corrected chi connectivity index (χ3v) is 2.75. The van der Waals surface area contributed by atoms with Gasteiger partial charge in [0, 0.05) is 6.54 Å². The normalized spacial score (nSPS) is 18.5. The van der Waals surface area contributed by atoms with Gasteiger partial charge >= 0.3 is 0 Å². The van der Waals surface area contributed by atoms with E-state index in [-0.39, 0.29) is 0 Å². The first-order valence-electron chi connectivity index (χ1n) is 6.87. The standard InChI is InChI=1S/C12H28N4O/c13-4-1-5-14-6-2-7-15-8-3-9-16-10-12-11-17-12/h12,14-16H,1-11,13H2.